The van der Waals surface area contributed by atoms with Gasteiger partial charge in [-0.3, -0.25) is 0 Å². The Morgan fingerprint density at radius 1 is 1.41 bits per heavy atom. The lowest BCUT2D eigenvalue weighted by Crippen LogP contribution is -2.38. The Kier molecular flexibility index (Phi) is 4.44. The van der Waals surface area contributed by atoms with E-state index in [1.165, 1.54) is 22.0 Å². The van der Waals surface area contributed by atoms with Gasteiger partial charge in [-0.15, -0.1) is 0 Å². The van der Waals surface area contributed by atoms with Gasteiger partial charge in [-0.25, -0.2) is 0 Å². The molecule has 1 aromatic carbocycles. The third-order valence-electron chi connectivity index (χ3n) is 3.45. The van der Waals surface area contributed by atoms with E-state index < -0.39 is 0 Å². The van der Waals surface area contributed by atoms with Gasteiger partial charge >= 0.3 is 0 Å². The van der Waals surface area contributed by atoms with Gasteiger partial charge in [-0.2, -0.15) is 0 Å². The normalized spacial score (nSPS) is 26.1. The molecule has 2 nitrogen and oxygen atoms in total. The van der Waals surface area contributed by atoms with Crippen LogP contribution in [-0.4, -0.2) is 18.8 Å². The van der Waals surface area contributed by atoms with E-state index in [1.807, 2.05) is 0 Å². The molecule has 0 saturated carbocycles. The van der Waals surface area contributed by atoms with E-state index in [4.69, 9.17) is 4.74 Å². The van der Waals surface area contributed by atoms with E-state index in [2.05, 4.69) is 66.0 Å². The van der Waals surface area contributed by atoms with Crippen LogP contribution >= 0.6 is 22.6 Å². The summed E-state index contributed by atoms with van der Waals surface area (Å²) in [5.74, 6) is 0. The summed E-state index contributed by atoms with van der Waals surface area (Å²) in [5.41, 5.74) is 1.38. The molecule has 0 spiro atoms. The van der Waals surface area contributed by atoms with Crippen molar-refractivity contribution >= 4 is 22.6 Å². The van der Waals surface area contributed by atoms with Crippen LogP contribution in [0.1, 0.15) is 38.3 Å². The van der Waals surface area contributed by atoms with Crippen molar-refractivity contribution in [2.45, 2.75) is 38.3 Å². The number of hydrogen-bond donors (Lipinski definition) is 1. The van der Waals surface area contributed by atoms with E-state index >= 15 is 0 Å². The first-order valence-electron chi connectivity index (χ1n) is 6.22. The first-order chi connectivity index (χ1) is 8.09. The molecule has 0 aromatic heterocycles. The molecule has 1 N–H and O–H groups in total. The van der Waals surface area contributed by atoms with Gasteiger partial charge in [0.2, 0.25) is 0 Å². The fourth-order valence-corrected chi connectivity index (χ4v) is 2.57. The Labute approximate surface area is 117 Å². The fraction of sp³-hybridized carbons (Fsp3) is 0.571. The average molecular weight is 345 g/mol. The highest BCUT2D eigenvalue weighted by atomic mass is 127. The first-order valence-corrected chi connectivity index (χ1v) is 7.30. The maximum atomic E-state index is 5.78. The third kappa shape index (κ3) is 3.66. The molecule has 2 unspecified atom stereocenters. The molecule has 2 rings (SSSR count). The van der Waals surface area contributed by atoms with Gasteiger partial charge in [-0.05, 0) is 67.0 Å². The van der Waals surface area contributed by atoms with Gasteiger partial charge in [0.1, 0.15) is 0 Å². The lowest BCUT2D eigenvalue weighted by molar-refractivity contribution is 0.0191. The maximum Gasteiger partial charge on any atom is 0.0779 e. The Morgan fingerprint density at radius 3 is 2.71 bits per heavy atom. The number of benzene rings is 1. The van der Waals surface area contributed by atoms with Gasteiger partial charge in [0, 0.05) is 22.8 Å². The first kappa shape index (κ1) is 13.3. The summed E-state index contributed by atoms with van der Waals surface area (Å²) in [5, 5.41) is 3.57. The van der Waals surface area contributed by atoms with Crippen LogP contribution in [0.2, 0.25) is 0 Å². The lowest BCUT2D eigenvalue weighted by atomic mass is 10.0. The zero-order valence-corrected chi connectivity index (χ0v) is 12.7. The molecule has 1 heterocycles. The fourth-order valence-electron chi connectivity index (χ4n) is 2.21. The average Bonchev–Trinajstić information content (AvgIpc) is 2.75. The van der Waals surface area contributed by atoms with Crippen molar-refractivity contribution < 1.29 is 4.74 Å². The van der Waals surface area contributed by atoms with Crippen molar-refractivity contribution in [3.8, 4) is 0 Å². The highest BCUT2D eigenvalue weighted by Crippen LogP contribution is 2.25. The second-order valence-corrected chi connectivity index (χ2v) is 6.30. The standard InChI is InChI=1S/C14H20INO/c1-11(12-4-6-13(15)7-5-12)16-10-14(2)8-3-9-17-14/h4-7,11,16H,3,8-10H2,1-2H3. The molecule has 0 radical (unpaired) electrons. The van der Waals surface area contributed by atoms with Gasteiger partial charge in [0.25, 0.3) is 0 Å². The Hall–Kier alpha value is -0.130. The molecule has 0 bridgehead atoms. The van der Waals surface area contributed by atoms with Crippen molar-refractivity contribution in [3.63, 3.8) is 0 Å². The molecule has 1 saturated heterocycles. The second-order valence-electron chi connectivity index (χ2n) is 5.06. The highest BCUT2D eigenvalue weighted by molar-refractivity contribution is 14.1. The second kappa shape index (κ2) is 5.67. The van der Waals surface area contributed by atoms with Gasteiger partial charge < -0.3 is 10.1 Å². The Morgan fingerprint density at radius 2 is 2.12 bits per heavy atom. The van der Waals surface area contributed by atoms with E-state index in [9.17, 15) is 0 Å². The Bertz CT molecular complexity index is 357. The molecule has 94 valence electrons. The maximum absolute atomic E-state index is 5.78. The van der Waals surface area contributed by atoms with Crippen LogP contribution < -0.4 is 5.32 Å². The number of hydrogen-bond acceptors (Lipinski definition) is 2. The van der Waals surface area contributed by atoms with E-state index in [-0.39, 0.29) is 5.60 Å². The Balaban J connectivity index is 1.88. The monoisotopic (exact) mass is 345 g/mol. The van der Waals surface area contributed by atoms with Gasteiger partial charge in [0.15, 0.2) is 0 Å². The van der Waals surface area contributed by atoms with Crippen LogP contribution in [0, 0.1) is 3.57 Å². The molecular formula is C14H20INO. The summed E-state index contributed by atoms with van der Waals surface area (Å²) in [7, 11) is 0. The van der Waals surface area contributed by atoms with E-state index in [0.29, 0.717) is 6.04 Å². The van der Waals surface area contributed by atoms with Crippen LogP contribution in [0.25, 0.3) is 0 Å². The molecule has 0 aliphatic carbocycles. The van der Waals surface area contributed by atoms with Crippen molar-refractivity contribution in [1.82, 2.24) is 5.32 Å². The predicted octanol–water partition coefficient (Wildman–Crippen LogP) is 3.51. The third-order valence-corrected chi connectivity index (χ3v) is 4.17. The van der Waals surface area contributed by atoms with Crippen LogP contribution in [0.15, 0.2) is 24.3 Å². The molecule has 1 fully saturated rings. The highest BCUT2D eigenvalue weighted by Gasteiger charge is 2.29. The van der Waals surface area contributed by atoms with Crippen LogP contribution in [0.5, 0.6) is 0 Å². The minimum atomic E-state index is 0.0392. The summed E-state index contributed by atoms with van der Waals surface area (Å²) in [6, 6.07) is 9.08. The largest absolute Gasteiger partial charge is 0.374 e. The molecule has 1 aromatic rings. The smallest absolute Gasteiger partial charge is 0.0779 e. The van der Waals surface area contributed by atoms with Gasteiger partial charge in [0.05, 0.1) is 5.60 Å². The van der Waals surface area contributed by atoms with E-state index in [1.54, 1.807) is 0 Å². The summed E-state index contributed by atoms with van der Waals surface area (Å²) in [6.07, 6.45) is 2.36. The predicted molar refractivity (Wildman–Crippen MR) is 79.2 cm³/mol. The SMILES string of the molecule is CC(NCC1(C)CCCO1)c1ccc(I)cc1. The van der Waals surface area contributed by atoms with Crippen LogP contribution in [0.4, 0.5) is 0 Å². The topological polar surface area (TPSA) is 21.3 Å². The molecule has 1 aliphatic heterocycles. The summed E-state index contributed by atoms with van der Waals surface area (Å²) >= 11 is 2.33. The number of nitrogens with one attached hydrogen (secondary N) is 1. The summed E-state index contributed by atoms with van der Waals surface area (Å²) in [6.45, 7) is 6.25. The number of halogens is 1. The molecule has 2 atom stereocenters. The van der Waals surface area contributed by atoms with Crippen LogP contribution in [-0.2, 0) is 4.74 Å². The molecule has 0 amide bonds. The minimum Gasteiger partial charge on any atom is -0.374 e. The number of rotatable bonds is 4. The van der Waals surface area contributed by atoms with Gasteiger partial charge in [-0.1, -0.05) is 12.1 Å². The molecule has 3 heteroatoms. The number of ether oxygens (including phenoxy) is 1. The van der Waals surface area contributed by atoms with Crippen molar-refractivity contribution in [3.05, 3.63) is 33.4 Å². The van der Waals surface area contributed by atoms with Crippen molar-refractivity contribution in [1.29, 1.82) is 0 Å². The molecular weight excluding hydrogens is 325 g/mol. The van der Waals surface area contributed by atoms with Crippen molar-refractivity contribution in [2.75, 3.05) is 13.2 Å². The quantitative estimate of drug-likeness (QED) is 0.844. The zero-order valence-electron chi connectivity index (χ0n) is 10.5. The minimum absolute atomic E-state index is 0.0392. The lowest BCUT2D eigenvalue weighted by Gasteiger charge is -2.26. The van der Waals surface area contributed by atoms with Crippen LogP contribution in [0.3, 0.4) is 0 Å². The van der Waals surface area contributed by atoms with Crippen molar-refractivity contribution in [2.24, 2.45) is 0 Å². The van der Waals surface area contributed by atoms with E-state index in [0.717, 1.165) is 13.2 Å². The summed E-state index contributed by atoms with van der Waals surface area (Å²) in [4.78, 5) is 0. The zero-order chi connectivity index (χ0) is 12.3. The molecule has 17 heavy (non-hydrogen) atoms. The molecule has 1 aliphatic rings. The summed E-state index contributed by atoms with van der Waals surface area (Å²) < 4.78 is 7.06.